The molecule has 4 heteroatoms. The molecule has 0 aliphatic carbocycles. The first-order chi connectivity index (χ1) is 8.27. The first kappa shape index (κ1) is 14.4. The molecule has 0 amide bonds. The van der Waals surface area contributed by atoms with Gasteiger partial charge in [-0.05, 0) is 43.5 Å². The largest absolute Gasteiger partial charge is 0.496 e. The molecule has 1 rings (SSSR count). The summed E-state index contributed by atoms with van der Waals surface area (Å²) in [5.74, 6) is 0.253. The van der Waals surface area contributed by atoms with Crippen molar-refractivity contribution in [1.29, 1.82) is 0 Å². The van der Waals surface area contributed by atoms with Crippen LogP contribution in [0.15, 0.2) is 18.2 Å². The Morgan fingerprint density at radius 3 is 2.44 bits per heavy atom. The number of carboxylic acids is 1. The summed E-state index contributed by atoms with van der Waals surface area (Å²) >= 11 is 0. The van der Waals surface area contributed by atoms with Gasteiger partial charge in [-0.15, -0.1) is 0 Å². The molecule has 4 nitrogen and oxygen atoms in total. The molecule has 0 aromatic heterocycles. The summed E-state index contributed by atoms with van der Waals surface area (Å²) in [5.41, 5.74) is 0.846. The van der Waals surface area contributed by atoms with Gasteiger partial charge in [-0.3, -0.25) is 0 Å². The Hall–Kier alpha value is -1.71. The van der Waals surface area contributed by atoms with E-state index >= 15 is 0 Å². The van der Waals surface area contributed by atoms with Crippen LogP contribution >= 0.6 is 0 Å². The van der Waals surface area contributed by atoms with Crippen molar-refractivity contribution in [3.63, 3.8) is 0 Å². The minimum atomic E-state index is -0.997. The molecule has 0 unspecified atom stereocenters. The van der Waals surface area contributed by atoms with Crippen LogP contribution in [-0.2, 0) is 4.79 Å². The smallest absolute Gasteiger partial charge is 0.328 e. The van der Waals surface area contributed by atoms with Gasteiger partial charge >= 0.3 is 5.97 Å². The molecule has 0 radical (unpaired) electrons. The van der Waals surface area contributed by atoms with E-state index in [0.29, 0.717) is 5.92 Å². The quantitative estimate of drug-likeness (QED) is 0.844. The number of benzene rings is 1. The number of carboxylic acid groups (broad SMARTS) is 1. The van der Waals surface area contributed by atoms with Crippen LogP contribution in [0.4, 0.5) is 5.69 Å². The normalized spacial score (nSPS) is 11.4. The Morgan fingerprint density at radius 2 is 2.00 bits per heavy atom. The number of carbonyl (C=O) groups is 1. The van der Waals surface area contributed by atoms with Crippen molar-refractivity contribution in [3.8, 4) is 5.75 Å². The maximum atomic E-state index is 11.1. The van der Waals surface area contributed by atoms with E-state index in [1.54, 1.807) is 21.0 Å². The third-order valence-corrected chi connectivity index (χ3v) is 2.84. The standard InChI is InChI=1S/C14H21NO3/c1-9(2)11-8-10(6-7-12(11)18-5)15-14(3,4)13(16)17/h6-9,15H,1-5H3,(H,16,17). The Bertz CT molecular complexity index is 439. The minimum absolute atomic E-state index is 0.314. The summed E-state index contributed by atoms with van der Waals surface area (Å²) in [4.78, 5) is 11.1. The average Bonchev–Trinajstić information content (AvgIpc) is 2.28. The van der Waals surface area contributed by atoms with Gasteiger partial charge in [-0.25, -0.2) is 4.79 Å². The molecule has 18 heavy (non-hydrogen) atoms. The topological polar surface area (TPSA) is 58.6 Å². The molecular weight excluding hydrogens is 230 g/mol. The molecule has 0 bridgehead atoms. The van der Waals surface area contributed by atoms with Crippen LogP contribution in [0.25, 0.3) is 0 Å². The van der Waals surface area contributed by atoms with Crippen LogP contribution in [0.2, 0.25) is 0 Å². The first-order valence-corrected chi connectivity index (χ1v) is 5.97. The third-order valence-electron chi connectivity index (χ3n) is 2.84. The number of hydrogen-bond donors (Lipinski definition) is 2. The van der Waals surface area contributed by atoms with Gasteiger partial charge in [0.25, 0.3) is 0 Å². The molecule has 1 aromatic rings. The monoisotopic (exact) mass is 251 g/mol. The highest BCUT2D eigenvalue weighted by atomic mass is 16.5. The van der Waals surface area contributed by atoms with Gasteiger partial charge in [0.15, 0.2) is 0 Å². The maximum absolute atomic E-state index is 11.1. The van der Waals surface area contributed by atoms with Gasteiger partial charge in [0, 0.05) is 5.69 Å². The second kappa shape index (κ2) is 5.29. The van der Waals surface area contributed by atoms with Gasteiger partial charge in [0.2, 0.25) is 0 Å². The summed E-state index contributed by atoms with van der Waals surface area (Å²) in [5, 5.41) is 12.1. The van der Waals surface area contributed by atoms with Crippen LogP contribution in [0, 0.1) is 0 Å². The number of aliphatic carboxylic acids is 1. The average molecular weight is 251 g/mol. The molecule has 0 heterocycles. The molecule has 2 N–H and O–H groups in total. The number of anilines is 1. The Labute approximate surface area is 108 Å². The van der Waals surface area contributed by atoms with E-state index in [0.717, 1.165) is 17.0 Å². The highest BCUT2D eigenvalue weighted by Crippen LogP contribution is 2.30. The molecule has 1 aromatic carbocycles. The molecule has 0 fully saturated rings. The third kappa shape index (κ3) is 3.15. The lowest BCUT2D eigenvalue weighted by Gasteiger charge is -2.23. The Kier molecular flexibility index (Phi) is 4.22. The fourth-order valence-electron chi connectivity index (χ4n) is 1.68. The van der Waals surface area contributed by atoms with Crippen LogP contribution < -0.4 is 10.1 Å². The minimum Gasteiger partial charge on any atom is -0.496 e. The van der Waals surface area contributed by atoms with Gasteiger partial charge in [0.1, 0.15) is 11.3 Å². The lowest BCUT2D eigenvalue weighted by molar-refractivity contribution is -0.141. The predicted octanol–water partition coefficient (Wildman–Crippen LogP) is 3.09. The van der Waals surface area contributed by atoms with E-state index in [4.69, 9.17) is 9.84 Å². The summed E-state index contributed by atoms with van der Waals surface area (Å²) in [6.07, 6.45) is 0. The zero-order valence-corrected chi connectivity index (χ0v) is 11.6. The van der Waals surface area contributed by atoms with Gasteiger partial charge in [-0.1, -0.05) is 13.8 Å². The van der Waals surface area contributed by atoms with E-state index in [2.05, 4.69) is 19.2 Å². The van der Waals surface area contributed by atoms with E-state index < -0.39 is 11.5 Å². The lowest BCUT2D eigenvalue weighted by atomic mass is 10.00. The molecule has 100 valence electrons. The van der Waals surface area contributed by atoms with Crippen molar-refractivity contribution >= 4 is 11.7 Å². The van der Waals surface area contributed by atoms with E-state index in [9.17, 15) is 4.79 Å². The van der Waals surface area contributed by atoms with Gasteiger partial charge in [-0.2, -0.15) is 0 Å². The van der Waals surface area contributed by atoms with Gasteiger partial charge in [0.05, 0.1) is 7.11 Å². The highest BCUT2D eigenvalue weighted by Gasteiger charge is 2.26. The van der Waals surface area contributed by atoms with Crippen LogP contribution in [0.1, 0.15) is 39.2 Å². The van der Waals surface area contributed by atoms with Crippen molar-refractivity contribution in [2.75, 3.05) is 12.4 Å². The zero-order valence-electron chi connectivity index (χ0n) is 11.6. The molecule has 0 saturated carbocycles. The van der Waals surface area contributed by atoms with E-state index in [-0.39, 0.29) is 0 Å². The Morgan fingerprint density at radius 1 is 1.39 bits per heavy atom. The fraction of sp³-hybridized carbons (Fsp3) is 0.500. The van der Waals surface area contributed by atoms with Crippen molar-refractivity contribution in [2.45, 2.75) is 39.2 Å². The predicted molar refractivity (Wildman–Crippen MR) is 72.4 cm³/mol. The summed E-state index contributed by atoms with van der Waals surface area (Å²) < 4.78 is 5.30. The first-order valence-electron chi connectivity index (χ1n) is 5.97. The summed E-state index contributed by atoms with van der Waals surface area (Å²) in [6.45, 7) is 7.41. The number of methoxy groups -OCH3 is 1. The molecule has 0 saturated heterocycles. The second-order valence-electron chi connectivity index (χ2n) is 5.17. The van der Waals surface area contributed by atoms with Crippen LogP contribution in [0.3, 0.4) is 0 Å². The van der Waals surface area contributed by atoms with Crippen molar-refractivity contribution in [2.24, 2.45) is 0 Å². The van der Waals surface area contributed by atoms with Crippen LogP contribution in [-0.4, -0.2) is 23.7 Å². The molecule has 0 spiro atoms. The lowest BCUT2D eigenvalue weighted by Crippen LogP contribution is -2.39. The number of hydrogen-bond acceptors (Lipinski definition) is 3. The summed E-state index contributed by atoms with van der Waals surface area (Å²) in [7, 11) is 1.63. The van der Waals surface area contributed by atoms with E-state index in [1.165, 1.54) is 0 Å². The van der Waals surface area contributed by atoms with Crippen molar-refractivity contribution < 1.29 is 14.6 Å². The highest BCUT2D eigenvalue weighted by molar-refractivity contribution is 5.81. The maximum Gasteiger partial charge on any atom is 0.328 e. The molecule has 0 atom stereocenters. The second-order valence-corrected chi connectivity index (χ2v) is 5.17. The molecule has 0 aliphatic heterocycles. The summed E-state index contributed by atoms with van der Waals surface area (Å²) in [6, 6.07) is 5.62. The fourth-order valence-corrected chi connectivity index (χ4v) is 1.68. The number of rotatable bonds is 5. The van der Waals surface area contributed by atoms with Crippen molar-refractivity contribution in [1.82, 2.24) is 0 Å². The SMILES string of the molecule is COc1ccc(NC(C)(C)C(=O)O)cc1C(C)C. The van der Waals surface area contributed by atoms with E-state index in [1.807, 2.05) is 18.2 Å². The number of ether oxygens (including phenoxy) is 1. The molecular formula is C14H21NO3. The zero-order chi connectivity index (χ0) is 13.9. The van der Waals surface area contributed by atoms with Crippen molar-refractivity contribution in [3.05, 3.63) is 23.8 Å². The molecule has 0 aliphatic rings. The van der Waals surface area contributed by atoms with Gasteiger partial charge < -0.3 is 15.2 Å². The Balaban J connectivity index is 3.06. The van der Waals surface area contributed by atoms with Crippen LogP contribution in [0.5, 0.6) is 5.75 Å². The number of nitrogens with one attached hydrogen (secondary N) is 1.